The van der Waals surface area contributed by atoms with Gasteiger partial charge in [0.25, 0.3) is 0 Å². The average Bonchev–Trinajstić information content (AvgIpc) is 3.31. The van der Waals surface area contributed by atoms with Gasteiger partial charge in [-0.15, -0.1) is 0 Å². The Morgan fingerprint density at radius 3 is 2.62 bits per heavy atom. The van der Waals surface area contributed by atoms with Gasteiger partial charge in [-0.1, -0.05) is 0 Å². The van der Waals surface area contributed by atoms with E-state index in [1.807, 2.05) is 0 Å². The Labute approximate surface area is 128 Å². The van der Waals surface area contributed by atoms with E-state index in [2.05, 4.69) is 0 Å². The molecule has 2 heterocycles. The minimum absolute atomic E-state index is 0.516. The summed E-state index contributed by atoms with van der Waals surface area (Å²) in [5.41, 5.74) is 0. The SMILES string of the molecule is COC1(CCC2CCC3OC3C2)CCC[Si](OC)(OC)O1. The van der Waals surface area contributed by atoms with Crippen LogP contribution in [-0.2, 0) is 22.8 Å². The molecule has 2 aliphatic heterocycles. The van der Waals surface area contributed by atoms with Crippen molar-refractivity contribution in [1.82, 2.24) is 0 Å². The van der Waals surface area contributed by atoms with Crippen LogP contribution in [0.1, 0.15) is 44.9 Å². The molecule has 0 amide bonds. The Kier molecular flexibility index (Phi) is 4.74. The van der Waals surface area contributed by atoms with Gasteiger partial charge in [0.1, 0.15) is 0 Å². The third-order valence-corrected chi connectivity index (χ3v) is 8.32. The second-order valence-electron chi connectivity index (χ2n) is 6.59. The number of hydrogen-bond acceptors (Lipinski definition) is 5. The molecule has 3 fully saturated rings. The molecule has 0 bridgehead atoms. The Balaban J connectivity index is 1.57. The van der Waals surface area contributed by atoms with E-state index in [1.54, 1.807) is 21.3 Å². The highest BCUT2D eigenvalue weighted by Gasteiger charge is 2.52. The Morgan fingerprint density at radius 2 is 1.95 bits per heavy atom. The van der Waals surface area contributed by atoms with Crippen LogP contribution >= 0.6 is 0 Å². The van der Waals surface area contributed by atoms with Crippen molar-refractivity contribution < 1.29 is 22.8 Å². The van der Waals surface area contributed by atoms with Crippen molar-refractivity contribution in [2.24, 2.45) is 5.92 Å². The highest BCUT2D eigenvalue weighted by atomic mass is 28.4. The number of fused-ring (bicyclic) bond motifs is 1. The van der Waals surface area contributed by atoms with Crippen LogP contribution in [0.4, 0.5) is 0 Å². The van der Waals surface area contributed by atoms with Crippen LogP contribution in [0.15, 0.2) is 0 Å². The molecule has 0 spiro atoms. The molecular formula is C15H28O5Si. The second kappa shape index (κ2) is 6.26. The first-order chi connectivity index (χ1) is 10.1. The molecule has 122 valence electrons. The predicted molar refractivity (Wildman–Crippen MR) is 79.9 cm³/mol. The lowest BCUT2D eigenvalue weighted by molar-refractivity contribution is -0.212. The van der Waals surface area contributed by atoms with Gasteiger partial charge in [0.15, 0.2) is 5.79 Å². The summed E-state index contributed by atoms with van der Waals surface area (Å²) in [5.74, 6) is 0.227. The van der Waals surface area contributed by atoms with Crippen molar-refractivity contribution in [3.8, 4) is 0 Å². The maximum atomic E-state index is 6.28. The fourth-order valence-corrected chi connectivity index (χ4v) is 6.23. The summed E-state index contributed by atoms with van der Waals surface area (Å²) < 4.78 is 28.9. The summed E-state index contributed by atoms with van der Waals surface area (Å²) in [4.78, 5) is 0. The van der Waals surface area contributed by atoms with Gasteiger partial charge >= 0.3 is 8.80 Å². The van der Waals surface area contributed by atoms with Crippen molar-refractivity contribution in [2.75, 3.05) is 21.3 Å². The molecule has 6 heteroatoms. The molecule has 0 aromatic heterocycles. The molecule has 3 aliphatic rings. The van der Waals surface area contributed by atoms with Gasteiger partial charge in [0.2, 0.25) is 0 Å². The Morgan fingerprint density at radius 1 is 1.14 bits per heavy atom. The van der Waals surface area contributed by atoms with E-state index in [4.69, 9.17) is 22.8 Å². The molecule has 1 aliphatic carbocycles. The van der Waals surface area contributed by atoms with Crippen molar-refractivity contribution in [3.63, 3.8) is 0 Å². The second-order valence-corrected chi connectivity index (χ2v) is 9.48. The van der Waals surface area contributed by atoms with E-state index in [1.165, 1.54) is 19.3 Å². The monoisotopic (exact) mass is 316 g/mol. The predicted octanol–water partition coefficient (Wildman–Crippen LogP) is 2.72. The zero-order valence-electron chi connectivity index (χ0n) is 13.4. The number of ether oxygens (including phenoxy) is 2. The quantitative estimate of drug-likeness (QED) is 0.557. The van der Waals surface area contributed by atoms with Crippen LogP contribution in [-0.4, -0.2) is 48.1 Å². The highest BCUT2D eigenvalue weighted by molar-refractivity contribution is 6.60. The summed E-state index contributed by atoms with van der Waals surface area (Å²) >= 11 is 0. The minimum Gasteiger partial charge on any atom is -0.377 e. The van der Waals surface area contributed by atoms with Gasteiger partial charge in [0, 0.05) is 40.2 Å². The van der Waals surface area contributed by atoms with Crippen molar-refractivity contribution in [3.05, 3.63) is 0 Å². The van der Waals surface area contributed by atoms with Gasteiger partial charge in [-0.2, -0.15) is 0 Å². The molecule has 2 saturated heterocycles. The zero-order chi connectivity index (χ0) is 14.9. The first-order valence-corrected chi connectivity index (χ1v) is 10.1. The van der Waals surface area contributed by atoms with Gasteiger partial charge < -0.3 is 22.8 Å². The third kappa shape index (κ3) is 3.35. The summed E-state index contributed by atoms with van der Waals surface area (Å²) in [6.07, 6.45) is 8.86. The number of rotatable bonds is 6. The molecule has 0 radical (unpaired) electrons. The molecule has 4 unspecified atom stereocenters. The molecule has 1 saturated carbocycles. The van der Waals surface area contributed by atoms with Crippen molar-refractivity contribution in [2.45, 2.75) is 69.0 Å². The standard InChI is InChI=1S/C15H28O5Si/c1-16-15(8-4-10-21(17-2,18-3)20-15)9-7-12-5-6-13-14(11-12)19-13/h12-14H,4-11H2,1-3H3. The molecule has 3 rings (SSSR count). The van der Waals surface area contributed by atoms with Crippen LogP contribution in [0, 0.1) is 5.92 Å². The molecule has 0 aromatic rings. The van der Waals surface area contributed by atoms with Crippen molar-refractivity contribution in [1.29, 1.82) is 0 Å². The van der Waals surface area contributed by atoms with E-state index in [0.29, 0.717) is 12.2 Å². The first-order valence-electron chi connectivity index (χ1n) is 8.15. The molecular weight excluding hydrogens is 288 g/mol. The lowest BCUT2D eigenvalue weighted by Gasteiger charge is -2.44. The molecule has 0 aromatic carbocycles. The molecule has 21 heavy (non-hydrogen) atoms. The summed E-state index contributed by atoms with van der Waals surface area (Å²) in [6, 6.07) is 0.881. The zero-order valence-corrected chi connectivity index (χ0v) is 14.4. The Bertz CT molecular complexity index is 362. The van der Waals surface area contributed by atoms with Crippen LogP contribution in [0.2, 0.25) is 6.04 Å². The van der Waals surface area contributed by atoms with Crippen LogP contribution in [0.25, 0.3) is 0 Å². The van der Waals surface area contributed by atoms with E-state index in [-0.39, 0.29) is 0 Å². The third-order valence-electron chi connectivity index (χ3n) is 5.42. The average molecular weight is 316 g/mol. The summed E-state index contributed by atoms with van der Waals surface area (Å²) in [7, 11) is 2.59. The fraction of sp³-hybridized carbons (Fsp3) is 1.00. The lowest BCUT2D eigenvalue weighted by atomic mass is 9.84. The first kappa shape index (κ1) is 15.9. The number of hydrogen-bond donors (Lipinski definition) is 0. The lowest BCUT2D eigenvalue weighted by Crippen LogP contribution is -2.56. The van der Waals surface area contributed by atoms with Crippen LogP contribution in [0.3, 0.4) is 0 Å². The van der Waals surface area contributed by atoms with E-state index < -0.39 is 14.6 Å². The van der Waals surface area contributed by atoms with Crippen LogP contribution < -0.4 is 0 Å². The van der Waals surface area contributed by atoms with Gasteiger partial charge in [-0.05, 0) is 38.0 Å². The van der Waals surface area contributed by atoms with Gasteiger partial charge in [-0.25, -0.2) is 0 Å². The van der Waals surface area contributed by atoms with Gasteiger partial charge in [-0.3, -0.25) is 0 Å². The topological polar surface area (TPSA) is 49.5 Å². The molecule has 0 N–H and O–H groups in total. The molecule has 4 atom stereocenters. The summed E-state index contributed by atoms with van der Waals surface area (Å²) in [5, 5.41) is 0. The normalized spacial score (nSPS) is 41.6. The molecule has 5 nitrogen and oxygen atoms in total. The highest BCUT2D eigenvalue weighted by Crippen LogP contribution is 2.44. The summed E-state index contributed by atoms with van der Waals surface area (Å²) in [6.45, 7) is 0. The maximum Gasteiger partial charge on any atom is 0.502 e. The number of methoxy groups -OCH3 is 1. The van der Waals surface area contributed by atoms with E-state index >= 15 is 0 Å². The minimum atomic E-state index is -2.53. The number of epoxide rings is 1. The van der Waals surface area contributed by atoms with E-state index in [0.717, 1.165) is 37.6 Å². The fourth-order valence-electron chi connectivity index (χ4n) is 3.93. The maximum absolute atomic E-state index is 6.28. The largest absolute Gasteiger partial charge is 0.502 e. The van der Waals surface area contributed by atoms with Crippen LogP contribution in [0.5, 0.6) is 0 Å². The Hall–Kier alpha value is 0.0169. The van der Waals surface area contributed by atoms with Gasteiger partial charge in [0.05, 0.1) is 12.2 Å². The smallest absolute Gasteiger partial charge is 0.377 e. The van der Waals surface area contributed by atoms with E-state index in [9.17, 15) is 0 Å². The van der Waals surface area contributed by atoms with Crippen molar-refractivity contribution >= 4 is 8.80 Å².